The quantitative estimate of drug-likeness (QED) is 0.885. The fourth-order valence-electron chi connectivity index (χ4n) is 1.28. The van der Waals surface area contributed by atoms with Crippen LogP contribution < -0.4 is 5.32 Å². The summed E-state index contributed by atoms with van der Waals surface area (Å²) >= 11 is 1.32. The van der Waals surface area contributed by atoms with Crippen LogP contribution in [-0.4, -0.2) is 26.2 Å². The predicted octanol–water partition coefficient (Wildman–Crippen LogP) is 2.21. The van der Waals surface area contributed by atoms with E-state index in [1.54, 1.807) is 13.3 Å². The van der Waals surface area contributed by atoms with E-state index < -0.39 is 0 Å². The Hall–Kier alpha value is -1.47. The van der Waals surface area contributed by atoms with E-state index in [1.807, 2.05) is 24.7 Å². The third-order valence-electron chi connectivity index (χ3n) is 2.37. The number of nitrogens with one attached hydrogen (secondary N) is 1. The van der Waals surface area contributed by atoms with Gasteiger partial charge < -0.3 is 10.1 Å². The standard InChI is InChI=1S/C10H15N5OS/c1-4-15-6-8(5-11-15)12-10-13-9(14-17-10)7(2)16-3/h5-7H,4H2,1-3H3,(H,12,13,14). The number of aromatic nitrogens is 4. The molecule has 2 rings (SSSR count). The molecule has 17 heavy (non-hydrogen) atoms. The van der Waals surface area contributed by atoms with Crippen molar-refractivity contribution in [1.29, 1.82) is 0 Å². The third-order valence-corrected chi connectivity index (χ3v) is 3.01. The van der Waals surface area contributed by atoms with Gasteiger partial charge in [0.15, 0.2) is 5.82 Å². The molecule has 2 heterocycles. The molecule has 0 aromatic carbocycles. The first-order valence-electron chi connectivity index (χ1n) is 5.38. The van der Waals surface area contributed by atoms with E-state index in [-0.39, 0.29) is 6.10 Å². The molecule has 92 valence electrons. The van der Waals surface area contributed by atoms with Crippen LogP contribution in [-0.2, 0) is 11.3 Å². The largest absolute Gasteiger partial charge is 0.374 e. The number of rotatable bonds is 5. The number of aryl methyl sites for hydroxylation is 1. The first-order chi connectivity index (χ1) is 8.22. The molecule has 0 bridgehead atoms. The minimum absolute atomic E-state index is 0.0832. The van der Waals surface area contributed by atoms with Gasteiger partial charge in [0.2, 0.25) is 5.13 Å². The second-order valence-electron chi connectivity index (χ2n) is 3.55. The van der Waals surface area contributed by atoms with E-state index in [4.69, 9.17) is 4.74 Å². The molecule has 2 aromatic heterocycles. The molecule has 2 aromatic rings. The van der Waals surface area contributed by atoms with Crippen LogP contribution in [0.1, 0.15) is 25.8 Å². The topological polar surface area (TPSA) is 64.9 Å². The van der Waals surface area contributed by atoms with E-state index in [0.717, 1.165) is 17.4 Å². The Labute approximate surface area is 104 Å². The molecule has 1 atom stereocenters. The molecular weight excluding hydrogens is 238 g/mol. The highest BCUT2D eigenvalue weighted by atomic mass is 32.1. The first kappa shape index (κ1) is 12.0. The molecule has 7 heteroatoms. The van der Waals surface area contributed by atoms with Crippen molar-refractivity contribution in [2.24, 2.45) is 0 Å². The van der Waals surface area contributed by atoms with Gasteiger partial charge in [-0.2, -0.15) is 9.47 Å². The molecule has 0 saturated carbocycles. The highest BCUT2D eigenvalue weighted by Gasteiger charge is 2.11. The number of anilines is 2. The molecule has 0 spiro atoms. The van der Waals surface area contributed by atoms with Crippen LogP contribution >= 0.6 is 11.5 Å². The van der Waals surface area contributed by atoms with Gasteiger partial charge in [0, 0.05) is 31.4 Å². The summed E-state index contributed by atoms with van der Waals surface area (Å²) in [6, 6.07) is 0. The first-order valence-corrected chi connectivity index (χ1v) is 6.16. The van der Waals surface area contributed by atoms with Crippen molar-refractivity contribution in [2.75, 3.05) is 12.4 Å². The zero-order valence-corrected chi connectivity index (χ0v) is 10.9. The fourth-order valence-corrected chi connectivity index (χ4v) is 1.95. The monoisotopic (exact) mass is 253 g/mol. The maximum atomic E-state index is 5.16. The molecule has 1 unspecified atom stereocenters. The summed E-state index contributed by atoms with van der Waals surface area (Å²) in [5.41, 5.74) is 0.916. The van der Waals surface area contributed by atoms with Crippen LogP contribution in [0.5, 0.6) is 0 Å². The zero-order valence-electron chi connectivity index (χ0n) is 10.0. The Kier molecular flexibility index (Phi) is 3.70. The maximum absolute atomic E-state index is 5.16. The van der Waals surface area contributed by atoms with Crippen molar-refractivity contribution in [3.63, 3.8) is 0 Å². The minimum atomic E-state index is -0.0832. The molecule has 0 saturated heterocycles. The Balaban J connectivity index is 2.06. The van der Waals surface area contributed by atoms with E-state index in [9.17, 15) is 0 Å². The third kappa shape index (κ3) is 2.80. The number of hydrogen-bond acceptors (Lipinski definition) is 6. The maximum Gasteiger partial charge on any atom is 0.207 e. The Morgan fingerprint density at radius 1 is 1.59 bits per heavy atom. The Bertz CT molecular complexity index is 481. The minimum Gasteiger partial charge on any atom is -0.374 e. The number of hydrogen-bond donors (Lipinski definition) is 1. The van der Waals surface area contributed by atoms with Crippen LogP contribution in [0.2, 0.25) is 0 Å². The fraction of sp³-hybridized carbons (Fsp3) is 0.500. The molecule has 0 fully saturated rings. The van der Waals surface area contributed by atoms with Crippen molar-refractivity contribution in [3.05, 3.63) is 18.2 Å². The van der Waals surface area contributed by atoms with Gasteiger partial charge in [-0.25, -0.2) is 4.98 Å². The van der Waals surface area contributed by atoms with Crippen LogP contribution in [0.3, 0.4) is 0 Å². The van der Waals surface area contributed by atoms with Crippen molar-refractivity contribution in [2.45, 2.75) is 26.5 Å². The molecule has 0 aliphatic rings. The lowest BCUT2D eigenvalue weighted by Crippen LogP contribution is -1.98. The molecule has 1 N–H and O–H groups in total. The summed E-state index contributed by atoms with van der Waals surface area (Å²) in [4.78, 5) is 4.35. The molecule has 0 aliphatic heterocycles. The van der Waals surface area contributed by atoms with Gasteiger partial charge in [0.1, 0.15) is 6.10 Å². The van der Waals surface area contributed by atoms with Crippen LogP contribution in [0.4, 0.5) is 10.8 Å². The Morgan fingerprint density at radius 3 is 3.06 bits per heavy atom. The molecule has 0 aliphatic carbocycles. The lowest BCUT2D eigenvalue weighted by molar-refractivity contribution is 0.113. The van der Waals surface area contributed by atoms with Crippen molar-refractivity contribution < 1.29 is 4.74 Å². The van der Waals surface area contributed by atoms with E-state index in [0.29, 0.717) is 5.82 Å². The van der Waals surface area contributed by atoms with E-state index in [2.05, 4.69) is 19.8 Å². The Morgan fingerprint density at radius 2 is 2.41 bits per heavy atom. The normalized spacial score (nSPS) is 12.6. The lowest BCUT2D eigenvalue weighted by atomic mass is 10.4. The van der Waals surface area contributed by atoms with E-state index >= 15 is 0 Å². The summed E-state index contributed by atoms with van der Waals surface area (Å²) in [6.45, 7) is 4.81. The van der Waals surface area contributed by atoms with Gasteiger partial charge in [-0.1, -0.05) is 0 Å². The average molecular weight is 253 g/mol. The van der Waals surface area contributed by atoms with Crippen molar-refractivity contribution in [3.8, 4) is 0 Å². The zero-order chi connectivity index (χ0) is 12.3. The molecule has 6 nitrogen and oxygen atoms in total. The second-order valence-corrected chi connectivity index (χ2v) is 4.30. The average Bonchev–Trinajstić information content (AvgIpc) is 2.97. The van der Waals surface area contributed by atoms with Crippen LogP contribution in [0.15, 0.2) is 12.4 Å². The predicted molar refractivity (Wildman–Crippen MR) is 66.5 cm³/mol. The van der Waals surface area contributed by atoms with Crippen LogP contribution in [0.25, 0.3) is 0 Å². The van der Waals surface area contributed by atoms with Gasteiger partial charge in [-0.3, -0.25) is 4.68 Å². The highest BCUT2D eigenvalue weighted by Crippen LogP contribution is 2.21. The molecule has 0 amide bonds. The van der Waals surface area contributed by atoms with Gasteiger partial charge >= 0.3 is 0 Å². The van der Waals surface area contributed by atoms with Gasteiger partial charge in [0.25, 0.3) is 0 Å². The summed E-state index contributed by atoms with van der Waals surface area (Å²) in [5.74, 6) is 0.697. The lowest BCUT2D eigenvalue weighted by Gasteiger charge is -2.02. The summed E-state index contributed by atoms with van der Waals surface area (Å²) < 4.78 is 11.2. The smallest absolute Gasteiger partial charge is 0.207 e. The second kappa shape index (κ2) is 5.24. The van der Waals surface area contributed by atoms with Crippen LogP contribution in [0, 0.1) is 0 Å². The molecular formula is C10H15N5OS. The molecule has 0 radical (unpaired) electrons. The number of methoxy groups -OCH3 is 1. The summed E-state index contributed by atoms with van der Waals surface area (Å²) in [5, 5.41) is 8.09. The SMILES string of the molecule is CCn1cc(Nc2nc(C(C)OC)ns2)cn1. The van der Waals surface area contributed by atoms with Gasteiger partial charge in [-0.05, 0) is 13.8 Å². The van der Waals surface area contributed by atoms with Gasteiger partial charge in [-0.15, -0.1) is 0 Å². The van der Waals surface area contributed by atoms with Gasteiger partial charge in [0.05, 0.1) is 11.9 Å². The number of ether oxygens (including phenoxy) is 1. The van der Waals surface area contributed by atoms with E-state index in [1.165, 1.54) is 11.5 Å². The van der Waals surface area contributed by atoms with Crippen molar-refractivity contribution in [1.82, 2.24) is 19.1 Å². The highest BCUT2D eigenvalue weighted by molar-refractivity contribution is 7.09. The van der Waals surface area contributed by atoms with Crippen molar-refractivity contribution >= 4 is 22.4 Å². The summed E-state index contributed by atoms with van der Waals surface area (Å²) in [6.07, 6.45) is 3.62. The summed E-state index contributed by atoms with van der Waals surface area (Å²) in [7, 11) is 1.64. The number of nitrogens with zero attached hydrogens (tertiary/aromatic N) is 4.